The molecule has 77 valence electrons. The summed E-state index contributed by atoms with van der Waals surface area (Å²) in [7, 11) is 0. The van der Waals surface area contributed by atoms with E-state index >= 15 is 0 Å². The molecular weight excluding hydrogens is 156 g/mol. The Morgan fingerprint density at radius 2 is 1.69 bits per heavy atom. The van der Waals surface area contributed by atoms with Gasteiger partial charge in [0.05, 0.1) is 0 Å². The average molecular weight is 181 g/mol. The Hall–Kier alpha value is 0. The number of hydrogen-bond acceptors (Lipinski definition) is 0. The Balaban J connectivity index is 2.33. The highest BCUT2D eigenvalue weighted by Crippen LogP contribution is 2.45. The lowest BCUT2D eigenvalue weighted by molar-refractivity contribution is 0.286. The number of hydrogen-bond donors (Lipinski definition) is 0. The topological polar surface area (TPSA) is 0 Å². The predicted octanol–water partition coefficient (Wildman–Crippen LogP) is 4.74. The molecule has 0 N–H and O–H groups in total. The summed E-state index contributed by atoms with van der Waals surface area (Å²) < 4.78 is 0. The van der Waals surface area contributed by atoms with Gasteiger partial charge in [0.2, 0.25) is 0 Å². The molecule has 0 amide bonds. The highest BCUT2D eigenvalue weighted by molar-refractivity contribution is 4.97. The molecule has 1 saturated carbocycles. The highest BCUT2D eigenvalue weighted by atomic mass is 14.4. The summed E-state index contributed by atoms with van der Waals surface area (Å²) in [6.07, 6.45) is 15.5. The minimum Gasteiger partial charge on any atom is -0.0654 e. The van der Waals surface area contributed by atoms with Crippen LogP contribution in [0.2, 0.25) is 0 Å². The first kappa shape index (κ1) is 11.1. The van der Waals surface area contributed by atoms with Crippen LogP contribution in [0.3, 0.4) is 0 Å². The first-order valence-electron chi connectivity index (χ1n) is 6.17. The van der Waals surface area contributed by atoms with E-state index in [0.717, 1.165) is 0 Å². The zero-order chi connectivity index (χ0) is 9.57. The SMILES string of the molecule is CCCCC1(CCCC)[CH]CCC1. The molecule has 0 heteroatoms. The van der Waals surface area contributed by atoms with Crippen LogP contribution in [-0.4, -0.2) is 0 Å². The van der Waals surface area contributed by atoms with Gasteiger partial charge in [-0.05, 0) is 37.5 Å². The van der Waals surface area contributed by atoms with E-state index in [-0.39, 0.29) is 0 Å². The molecule has 0 saturated heterocycles. The lowest BCUT2D eigenvalue weighted by atomic mass is 9.77. The van der Waals surface area contributed by atoms with Crippen molar-refractivity contribution in [2.45, 2.75) is 71.6 Å². The van der Waals surface area contributed by atoms with E-state index in [9.17, 15) is 0 Å². The van der Waals surface area contributed by atoms with Crippen LogP contribution in [0.5, 0.6) is 0 Å². The Labute approximate surface area is 84.1 Å². The average Bonchev–Trinajstić information content (AvgIpc) is 2.61. The maximum Gasteiger partial charge on any atom is -0.0266 e. The molecule has 0 aromatic heterocycles. The third kappa shape index (κ3) is 3.32. The van der Waals surface area contributed by atoms with Crippen LogP contribution in [0, 0.1) is 11.8 Å². The predicted molar refractivity (Wildman–Crippen MR) is 59.6 cm³/mol. The summed E-state index contributed by atoms with van der Waals surface area (Å²) in [6, 6.07) is 0. The minimum atomic E-state index is 0.673. The molecule has 0 atom stereocenters. The third-order valence-corrected chi connectivity index (χ3v) is 3.51. The Morgan fingerprint density at radius 1 is 1.08 bits per heavy atom. The Bertz CT molecular complexity index is 110. The first-order valence-corrected chi connectivity index (χ1v) is 6.17. The molecule has 13 heavy (non-hydrogen) atoms. The van der Waals surface area contributed by atoms with Crippen molar-refractivity contribution in [1.82, 2.24) is 0 Å². The lowest BCUT2D eigenvalue weighted by Crippen LogP contribution is -2.16. The smallest absolute Gasteiger partial charge is 0.0266 e. The van der Waals surface area contributed by atoms with Crippen LogP contribution in [0.15, 0.2) is 0 Å². The number of unbranched alkanes of at least 4 members (excludes halogenated alkanes) is 2. The van der Waals surface area contributed by atoms with E-state index in [1.807, 2.05) is 0 Å². The van der Waals surface area contributed by atoms with Crippen LogP contribution >= 0.6 is 0 Å². The molecule has 1 rings (SSSR count). The van der Waals surface area contributed by atoms with Crippen molar-refractivity contribution in [3.05, 3.63) is 6.42 Å². The maximum atomic E-state index is 2.64. The van der Waals surface area contributed by atoms with Gasteiger partial charge >= 0.3 is 0 Å². The van der Waals surface area contributed by atoms with Crippen molar-refractivity contribution < 1.29 is 0 Å². The van der Waals surface area contributed by atoms with Crippen LogP contribution in [0.4, 0.5) is 0 Å². The molecule has 0 unspecified atom stereocenters. The Morgan fingerprint density at radius 3 is 2.08 bits per heavy atom. The van der Waals surface area contributed by atoms with E-state index in [1.165, 1.54) is 57.8 Å². The molecule has 1 aliphatic rings. The molecule has 1 aliphatic carbocycles. The zero-order valence-electron chi connectivity index (χ0n) is 9.44. The van der Waals surface area contributed by atoms with Crippen molar-refractivity contribution >= 4 is 0 Å². The lowest BCUT2D eigenvalue weighted by Gasteiger charge is -2.28. The third-order valence-electron chi connectivity index (χ3n) is 3.51. The van der Waals surface area contributed by atoms with Gasteiger partial charge in [-0.15, -0.1) is 0 Å². The van der Waals surface area contributed by atoms with Crippen molar-refractivity contribution in [3.63, 3.8) is 0 Å². The number of rotatable bonds is 6. The molecule has 0 aromatic carbocycles. The van der Waals surface area contributed by atoms with Crippen LogP contribution in [0.1, 0.15) is 71.6 Å². The molecular formula is C13H25. The van der Waals surface area contributed by atoms with Gasteiger partial charge in [-0.2, -0.15) is 0 Å². The van der Waals surface area contributed by atoms with Crippen molar-refractivity contribution in [3.8, 4) is 0 Å². The fourth-order valence-corrected chi connectivity index (χ4v) is 2.60. The van der Waals surface area contributed by atoms with E-state index in [2.05, 4.69) is 20.3 Å². The summed E-state index contributed by atoms with van der Waals surface area (Å²) >= 11 is 0. The largest absolute Gasteiger partial charge is 0.0654 e. The maximum absolute atomic E-state index is 2.64. The van der Waals surface area contributed by atoms with E-state index in [4.69, 9.17) is 0 Å². The molecule has 0 heterocycles. The van der Waals surface area contributed by atoms with E-state index in [1.54, 1.807) is 0 Å². The van der Waals surface area contributed by atoms with Crippen molar-refractivity contribution in [2.24, 2.45) is 5.41 Å². The quantitative estimate of drug-likeness (QED) is 0.555. The summed E-state index contributed by atoms with van der Waals surface area (Å²) in [5, 5.41) is 0. The second-order valence-corrected chi connectivity index (χ2v) is 4.67. The molecule has 1 fully saturated rings. The zero-order valence-corrected chi connectivity index (χ0v) is 9.44. The van der Waals surface area contributed by atoms with Crippen LogP contribution < -0.4 is 0 Å². The molecule has 0 spiro atoms. The van der Waals surface area contributed by atoms with Crippen molar-refractivity contribution in [1.29, 1.82) is 0 Å². The molecule has 0 aliphatic heterocycles. The highest BCUT2D eigenvalue weighted by Gasteiger charge is 2.32. The molecule has 0 aromatic rings. The summed E-state index contributed by atoms with van der Waals surface area (Å²) in [5.74, 6) is 0. The molecule has 1 radical (unpaired) electrons. The Kier molecular flexibility index (Phi) is 4.83. The molecule has 0 bridgehead atoms. The molecule has 0 nitrogen and oxygen atoms in total. The summed E-state index contributed by atoms with van der Waals surface area (Å²) in [4.78, 5) is 0. The fraction of sp³-hybridized carbons (Fsp3) is 0.923. The second kappa shape index (κ2) is 5.67. The van der Waals surface area contributed by atoms with Gasteiger partial charge in [0.1, 0.15) is 0 Å². The first-order chi connectivity index (χ1) is 6.33. The van der Waals surface area contributed by atoms with Gasteiger partial charge in [-0.1, -0.05) is 46.0 Å². The van der Waals surface area contributed by atoms with E-state index < -0.39 is 0 Å². The van der Waals surface area contributed by atoms with Crippen LogP contribution in [0.25, 0.3) is 0 Å². The van der Waals surface area contributed by atoms with Gasteiger partial charge in [0, 0.05) is 0 Å². The summed E-state index contributed by atoms with van der Waals surface area (Å²) in [6.45, 7) is 4.62. The van der Waals surface area contributed by atoms with E-state index in [0.29, 0.717) is 5.41 Å². The van der Waals surface area contributed by atoms with Gasteiger partial charge < -0.3 is 0 Å². The van der Waals surface area contributed by atoms with Gasteiger partial charge in [-0.3, -0.25) is 0 Å². The van der Waals surface area contributed by atoms with Gasteiger partial charge in [-0.25, -0.2) is 0 Å². The minimum absolute atomic E-state index is 0.673. The van der Waals surface area contributed by atoms with Gasteiger partial charge in [0.15, 0.2) is 0 Å². The normalized spacial score (nSPS) is 20.8. The van der Waals surface area contributed by atoms with Crippen molar-refractivity contribution in [2.75, 3.05) is 0 Å². The monoisotopic (exact) mass is 181 g/mol. The summed E-state index contributed by atoms with van der Waals surface area (Å²) in [5.41, 5.74) is 0.673. The second-order valence-electron chi connectivity index (χ2n) is 4.67. The standard InChI is InChI=1S/C13H25/c1-3-5-9-13(10-6-4-2)11-7-8-12-13/h11H,3-10,12H2,1-2H3. The van der Waals surface area contributed by atoms with Crippen LogP contribution in [-0.2, 0) is 0 Å². The fourth-order valence-electron chi connectivity index (χ4n) is 2.60. The van der Waals surface area contributed by atoms with Gasteiger partial charge in [0.25, 0.3) is 0 Å².